The van der Waals surface area contributed by atoms with Gasteiger partial charge in [0.05, 0.1) is 6.73 Å². The molecule has 0 aliphatic carbocycles. The van der Waals surface area contributed by atoms with E-state index >= 15 is 0 Å². The molecule has 0 spiro atoms. The van der Waals surface area contributed by atoms with Crippen molar-refractivity contribution >= 4 is 7.60 Å². The van der Waals surface area contributed by atoms with Gasteiger partial charge in [-0.3, -0.25) is 9.46 Å². The van der Waals surface area contributed by atoms with Crippen LogP contribution in [0.25, 0.3) is 0 Å². The largest absolute Gasteiger partial charge is 0.381 e. The average molecular weight is 154 g/mol. The van der Waals surface area contributed by atoms with Gasteiger partial charge in [-0.2, -0.15) is 0 Å². The molecule has 0 heterocycles. The fourth-order valence-corrected chi connectivity index (χ4v) is 0.916. The molecule has 0 bridgehead atoms. The first-order valence-electron chi connectivity index (χ1n) is 2.16. The van der Waals surface area contributed by atoms with Gasteiger partial charge in [-0.1, -0.05) is 0 Å². The third-order valence-corrected chi connectivity index (χ3v) is 1.35. The van der Waals surface area contributed by atoms with E-state index in [0.717, 1.165) is 4.90 Å². The van der Waals surface area contributed by atoms with Crippen LogP contribution in [0.15, 0.2) is 0 Å². The van der Waals surface area contributed by atoms with E-state index in [1.54, 1.807) is 0 Å². The van der Waals surface area contributed by atoms with Crippen LogP contribution < -0.4 is 0 Å². The standard InChI is InChI=1S/C3H9NO4P/c1-4(2-5)3-9(6,7)8/h5H,1-3H2,(H2,6,7,8). The maximum atomic E-state index is 10.1. The number of nitrogens with zero attached hydrogens (tertiary/aromatic N) is 1. The summed E-state index contributed by atoms with van der Waals surface area (Å²) in [6, 6.07) is 0. The first-order chi connectivity index (χ1) is 3.95. The number of aliphatic hydroxyl groups is 1. The van der Waals surface area contributed by atoms with E-state index < -0.39 is 20.6 Å². The first-order valence-corrected chi connectivity index (χ1v) is 3.96. The van der Waals surface area contributed by atoms with Gasteiger partial charge in [-0.15, -0.1) is 0 Å². The van der Waals surface area contributed by atoms with Crippen molar-refractivity contribution < 1.29 is 19.5 Å². The van der Waals surface area contributed by atoms with Gasteiger partial charge in [-0.25, -0.2) is 0 Å². The molecule has 0 aliphatic rings. The molecule has 0 aliphatic heterocycles. The molecule has 0 fully saturated rings. The minimum Gasteiger partial charge on any atom is -0.381 e. The fourth-order valence-electron chi connectivity index (χ4n) is 0.305. The van der Waals surface area contributed by atoms with E-state index in [1.807, 2.05) is 0 Å². The summed E-state index contributed by atoms with van der Waals surface area (Å²) in [6.45, 7) is -0.453. The van der Waals surface area contributed by atoms with Gasteiger partial charge in [-0.05, 0) is 0 Å². The molecule has 55 valence electrons. The van der Waals surface area contributed by atoms with Gasteiger partial charge < -0.3 is 14.9 Å². The van der Waals surface area contributed by atoms with E-state index in [9.17, 15) is 4.57 Å². The summed E-state index contributed by atoms with van der Waals surface area (Å²) >= 11 is 0. The SMILES string of the molecule is [CH2]N(CO)CP(=O)(O)O. The molecule has 0 saturated carbocycles. The van der Waals surface area contributed by atoms with Crippen LogP contribution in [0.2, 0.25) is 0 Å². The van der Waals surface area contributed by atoms with Crippen molar-refractivity contribution in [2.45, 2.75) is 0 Å². The lowest BCUT2D eigenvalue weighted by atomic mass is 10.9. The Balaban J connectivity index is 3.60. The topological polar surface area (TPSA) is 81.0 Å². The van der Waals surface area contributed by atoms with Crippen LogP contribution in [0.3, 0.4) is 0 Å². The molecule has 3 N–H and O–H groups in total. The molecule has 5 nitrogen and oxygen atoms in total. The minimum absolute atomic E-state index is 0.453. The predicted molar refractivity (Wildman–Crippen MR) is 31.2 cm³/mol. The molecular weight excluding hydrogens is 145 g/mol. The van der Waals surface area contributed by atoms with E-state index in [2.05, 4.69) is 7.05 Å². The van der Waals surface area contributed by atoms with Gasteiger partial charge >= 0.3 is 7.60 Å². The smallest absolute Gasteiger partial charge is 0.339 e. The molecule has 1 radical (unpaired) electrons. The molecule has 0 aromatic heterocycles. The van der Waals surface area contributed by atoms with Gasteiger partial charge in [0, 0.05) is 7.05 Å². The van der Waals surface area contributed by atoms with Crippen molar-refractivity contribution in [2.75, 3.05) is 13.0 Å². The Bertz CT molecular complexity index is 121. The predicted octanol–water partition coefficient (Wildman–Crippen LogP) is -0.835. The Labute approximate surface area is 53.1 Å². The van der Waals surface area contributed by atoms with Crippen molar-refractivity contribution in [1.82, 2.24) is 4.90 Å². The van der Waals surface area contributed by atoms with Gasteiger partial charge in [0.15, 0.2) is 0 Å². The minimum atomic E-state index is -4.03. The first kappa shape index (κ1) is 9.07. The van der Waals surface area contributed by atoms with Crippen molar-refractivity contribution in [2.24, 2.45) is 0 Å². The Hall–Kier alpha value is 0.0700. The monoisotopic (exact) mass is 154 g/mol. The van der Waals surface area contributed by atoms with Crippen LogP contribution in [0.1, 0.15) is 0 Å². The third-order valence-electron chi connectivity index (χ3n) is 0.584. The van der Waals surface area contributed by atoms with Crippen LogP contribution >= 0.6 is 7.60 Å². The Morgan fingerprint density at radius 2 is 2.00 bits per heavy atom. The molecular formula is C3H9NO4P. The van der Waals surface area contributed by atoms with Crippen molar-refractivity contribution in [3.63, 3.8) is 0 Å². The lowest BCUT2D eigenvalue weighted by molar-refractivity contribution is 0.157. The van der Waals surface area contributed by atoms with E-state index in [0.29, 0.717) is 0 Å². The van der Waals surface area contributed by atoms with Crippen molar-refractivity contribution in [3.05, 3.63) is 7.05 Å². The molecule has 0 unspecified atom stereocenters. The van der Waals surface area contributed by atoms with E-state index in [1.165, 1.54) is 0 Å². The molecule has 0 aromatic rings. The molecule has 0 amide bonds. The molecule has 0 saturated heterocycles. The summed E-state index contributed by atoms with van der Waals surface area (Å²) in [5.41, 5.74) is 0. The Morgan fingerprint density at radius 3 is 2.11 bits per heavy atom. The highest BCUT2D eigenvalue weighted by molar-refractivity contribution is 7.51. The van der Waals surface area contributed by atoms with Crippen LogP contribution in [-0.2, 0) is 4.57 Å². The lowest BCUT2D eigenvalue weighted by Crippen LogP contribution is -2.17. The highest BCUT2D eigenvalue weighted by Crippen LogP contribution is 2.34. The Morgan fingerprint density at radius 1 is 1.56 bits per heavy atom. The second-order valence-electron chi connectivity index (χ2n) is 1.62. The van der Waals surface area contributed by atoms with Gasteiger partial charge in [0.2, 0.25) is 0 Å². The summed E-state index contributed by atoms with van der Waals surface area (Å²) < 4.78 is 10.1. The third kappa shape index (κ3) is 5.95. The fraction of sp³-hybridized carbons (Fsp3) is 0.667. The number of hydrogen-bond acceptors (Lipinski definition) is 3. The number of rotatable bonds is 3. The summed E-state index contributed by atoms with van der Waals surface area (Å²) in [4.78, 5) is 17.4. The second kappa shape index (κ2) is 3.29. The molecule has 9 heavy (non-hydrogen) atoms. The molecule has 0 rings (SSSR count). The van der Waals surface area contributed by atoms with Crippen LogP contribution in [0, 0.1) is 7.05 Å². The zero-order chi connectivity index (χ0) is 7.49. The van der Waals surface area contributed by atoms with Gasteiger partial charge in [0.25, 0.3) is 0 Å². The number of aliphatic hydroxyl groups excluding tert-OH is 1. The Kier molecular flexibility index (Phi) is 3.32. The van der Waals surface area contributed by atoms with E-state index in [-0.39, 0.29) is 0 Å². The second-order valence-corrected chi connectivity index (χ2v) is 3.23. The van der Waals surface area contributed by atoms with Crippen LogP contribution in [0.4, 0.5) is 0 Å². The molecule has 0 atom stereocenters. The summed E-state index contributed by atoms with van der Waals surface area (Å²) in [5.74, 6) is 0. The lowest BCUT2D eigenvalue weighted by Gasteiger charge is -2.12. The van der Waals surface area contributed by atoms with Gasteiger partial charge in [0.1, 0.15) is 6.29 Å². The molecule has 6 heteroatoms. The molecule has 0 aromatic carbocycles. The number of hydrogen-bond donors (Lipinski definition) is 3. The average Bonchev–Trinajstić information content (AvgIpc) is 1.62. The van der Waals surface area contributed by atoms with E-state index in [4.69, 9.17) is 14.9 Å². The normalized spacial score (nSPS) is 12.6. The zero-order valence-corrected chi connectivity index (χ0v) is 5.66. The van der Waals surface area contributed by atoms with Crippen LogP contribution in [0.5, 0.6) is 0 Å². The maximum Gasteiger partial charge on any atom is 0.339 e. The maximum absolute atomic E-state index is 10.1. The summed E-state index contributed by atoms with van der Waals surface area (Å²) in [6.07, 6.45) is -0.510. The highest BCUT2D eigenvalue weighted by atomic mass is 31.2. The zero-order valence-electron chi connectivity index (χ0n) is 4.77. The summed E-state index contributed by atoms with van der Waals surface area (Å²) in [7, 11) is -0.902. The highest BCUT2D eigenvalue weighted by Gasteiger charge is 2.14. The van der Waals surface area contributed by atoms with Crippen molar-refractivity contribution in [1.29, 1.82) is 0 Å². The summed E-state index contributed by atoms with van der Waals surface area (Å²) in [5, 5.41) is 8.22. The quantitative estimate of drug-likeness (QED) is 0.365. The van der Waals surface area contributed by atoms with Crippen LogP contribution in [-0.4, -0.2) is 32.8 Å². The van der Waals surface area contributed by atoms with Crippen molar-refractivity contribution in [3.8, 4) is 0 Å².